The molecule has 0 aliphatic heterocycles. The Labute approximate surface area is 141 Å². The lowest BCUT2D eigenvalue weighted by atomic mass is 9.91. The molecule has 1 aliphatic carbocycles. The molecule has 1 unspecified atom stereocenters. The van der Waals surface area contributed by atoms with E-state index in [2.05, 4.69) is 68.8 Å². The smallest absolute Gasteiger partial charge is 0.165 e. The zero-order chi connectivity index (χ0) is 16.0. The molecule has 1 aliphatic rings. The van der Waals surface area contributed by atoms with Crippen LogP contribution in [0.25, 0.3) is 11.1 Å². The molecule has 0 amide bonds. The Hall–Kier alpha value is -0.900. The van der Waals surface area contributed by atoms with E-state index < -0.39 is 4.93 Å². The topological polar surface area (TPSA) is 9.23 Å². The van der Waals surface area contributed by atoms with Crippen molar-refractivity contribution in [2.75, 3.05) is 19.6 Å². The summed E-state index contributed by atoms with van der Waals surface area (Å²) in [7, 11) is 1.82. The summed E-state index contributed by atoms with van der Waals surface area (Å²) >= 11 is 3.66. The summed E-state index contributed by atoms with van der Waals surface area (Å²) in [4.78, 5) is -0.407. The average Bonchev–Trinajstić information content (AvgIpc) is 2.85. The highest BCUT2D eigenvalue weighted by atomic mass is 32.2. The molecule has 0 aromatic heterocycles. The molecule has 0 spiro atoms. The number of hydrogen-bond donors (Lipinski definition) is 0. The van der Waals surface area contributed by atoms with Gasteiger partial charge in [0.2, 0.25) is 0 Å². The third-order valence-electron chi connectivity index (χ3n) is 4.70. The van der Waals surface area contributed by atoms with Gasteiger partial charge in [-0.2, -0.15) is 11.8 Å². The molecule has 0 saturated heterocycles. The van der Waals surface area contributed by atoms with Gasteiger partial charge in [0, 0.05) is 23.0 Å². The SMILES string of the molecule is COC1(SC)c2ccccc2-c2cccc(C(C)(C)SC)c21. The van der Waals surface area contributed by atoms with Crippen LogP contribution >= 0.6 is 23.5 Å². The number of fused-ring (bicyclic) bond motifs is 3. The highest BCUT2D eigenvalue weighted by Gasteiger charge is 2.46. The summed E-state index contributed by atoms with van der Waals surface area (Å²) in [5.41, 5.74) is 6.57. The van der Waals surface area contributed by atoms with Gasteiger partial charge in [-0.05, 0) is 43.0 Å². The lowest BCUT2D eigenvalue weighted by Crippen LogP contribution is -2.27. The van der Waals surface area contributed by atoms with Gasteiger partial charge in [-0.15, -0.1) is 11.8 Å². The van der Waals surface area contributed by atoms with E-state index in [-0.39, 0.29) is 4.75 Å². The Morgan fingerprint density at radius 1 is 0.955 bits per heavy atom. The molecule has 0 N–H and O–H groups in total. The van der Waals surface area contributed by atoms with Gasteiger partial charge < -0.3 is 4.74 Å². The van der Waals surface area contributed by atoms with Gasteiger partial charge in [0.05, 0.1) is 0 Å². The van der Waals surface area contributed by atoms with Crippen LogP contribution in [0.4, 0.5) is 0 Å². The molecule has 3 rings (SSSR count). The quantitative estimate of drug-likeness (QED) is 0.687. The standard InChI is InChI=1S/C19H22OS2/c1-18(2,21-4)16-12-8-10-14-13-9-6-7-11-15(13)19(20-3,22-5)17(14)16/h6-12H,1-5H3. The first-order valence-corrected chi connectivity index (χ1v) is 9.86. The third-order valence-corrected chi connectivity index (χ3v) is 7.11. The fraction of sp³-hybridized carbons (Fsp3) is 0.368. The normalized spacial score (nSPS) is 19.9. The van der Waals surface area contributed by atoms with Gasteiger partial charge in [0.25, 0.3) is 0 Å². The first-order chi connectivity index (χ1) is 10.5. The second-order valence-electron chi connectivity index (χ2n) is 6.01. The molecule has 0 radical (unpaired) electrons. The molecular formula is C19H22OS2. The van der Waals surface area contributed by atoms with Crippen LogP contribution in [0.3, 0.4) is 0 Å². The Morgan fingerprint density at radius 2 is 1.64 bits per heavy atom. The Kier molecular flexibility index (Phi) is 4.09. The molecule has 0 bridgehead atoms. The molecule has 1 atom stereocenters. The van der Waals surface area contributed by atoms with Gasteiger partial charge in [-0.1, -0.05) is 42.5 Å². The summed E-state index contributed by atoms with van der Waals surface area (Å²) < 4.78 is 6.18. The molecule has 0 saturated carbocycles. The van der Waals surface area contributed by atoms with Crippen molar-refractivity contribution in [3.05, 3.63) is 59.2 Å². The van der Waals surface area contributed by atoms with Crippen molar-refractivity contribution in [2.45, 2.75) is 23.5 Å². The van der Waals surface area contributed by atoms with E-state index in [0.717, 1.165) is 0 Å². The Bertz CT molecular complexity index is 702. The lowest BCUT2D eigenvalue weighted by molar-refractivity contribution is 0.107. The number of thioether (sulfide) groups is 2. The van der Waals surface area contributed by atoms with Crippen molar-refractivity contribution in [1.29, 1.82) is 0 Å². The number of rotatable bonds is 4. The van der Waals surface area contributed by atoms with Crippen molar-refractivity contribution in [3.63, 3.8) is 0 Å². The molecule has 1 nitrogen and oxygen atoms in total. The zero-order valence-electron chi connectivity index (χ0n) is 13.8. The molecule has 2 aromatic rings. The second-order valence-corrected chi connectivity index (χ2v) is 8.43. The molecule has 22 heavy (non-hydrogen) atoms. The minimum atomic E-state index is -0.407. The van der Waals surface area contributed by atoms with Crippen LogP contribution in [0.15, 0.2) is 42.5 Å². The van der Waals surface area contributed by atoms with Crippen LogP contribution in [-0.2, 0) is 14.4 Å². The van der Waals surface area contributed by atoms with Crippen LogP contribution in [0.1, 0.15) is 30.5 Å². The van der Waals surface area contributed by atoms with Crippen molar-refractivity contribution in [3.8, 4) is 11.1 Å². The van der Waals surface area contributed by atoms with Crippen LogP contribution in [-0.4, -0.2) is 19.6 Å². The maximum atomic E-state index is 6.13. The van der Waals surface area contributed by atoms with E-state index in [4.69, 9.17) is 4.74 Å². The van der Waals surface area contributed by atoms with Crippen LogP contribution < -0.4 is 0 Å². The van der Waals surface area contributed by atoms with Gasteiger partial charge >= 0.3 is 0 Å². The van der Waals surface area contributed by atoms with Gasteiger partial charge in [-0.25, -0.2) is 0 Å². The van der Waals surface area contributed by atoms with Crippen molar-refractivity contribution < 1.29 is 4.74 Å². The molecular weight excluding hydrogens is 308 g/mol. The first kappa shape index (κ1) is 16.0. The number of hydrogen-bond acceptors (Lipinski definition) is 3. The van der Waals surface area contributed by atoms with Crippen molar-refractivity contribution in [2.24, 2.45) is 0 Å². The maximum absolute atomic E-state index is 6.13. The summed E-state index contributed by atoms with van der Waals surface area (Å²) in [5, 5.41) is 0. The predicted molar refractivity (Wildman–Crippen MR) is 99.7 cm³/mol. The Balaban J connectivity index is 2.39. The van der Waals surface area contributed by atoms with Crippen LogP contribution in [0.2, 0.25) is 0 Å². The van der Waals surface area contributed by atoms with E-state index in [1.165, 1.54) is 27.8 Å². The summed E-state index contributed by atoms with van der Waals surface area (Å²) in [6.45, 7) is 4.58. The number of ether oxygens (including phenoxy) is 1. The summed E-state index contributed by atoms with van der Waals surface area (Å²) in [6, 6.07) is 15.3. The minimum absolute atomic E-state index is 0.0485. The molecule has 2 aromatic carbocycles. The van der Waals surface area contributed by atoms with Crippen molar-refractivity contribution >= 4 is 23.5 Å². The maximum Gasteiger partial charge on any atom is 0.165 e. The number of methoxy groups -OCH3 is 1. The van der Waals surface area contributed by atoms with Crippen LogP contribution in [0.5, 0.6) is 0 Å². The van der Waals surface area contributed by atoms with Crippen LogP contribution in [0, 0.1) is 0 Å². The van der Waals surface area contributed by atoms with E-state index in [9.17, 15) is 0 Å². The van der Waals surface area contributed by atoms with E-state index >= 15 is 0 Å². The fourth-order valence-corrected chi connectivity index (χ4v) is 4.77. The minimum Gasteiger partial charge on any atom is -0.359 e. The monoisotopic (exact) mass is 330 g/mol. The summed E-state index contributed by atoms with van der Waals surface area (Å²) in [6.07, 6.45) is 4.31. The van der Waals surface area contributed by atoms with Gasteiger partial charge in [-0.3, -0.25) is 0 Å². The van der Waals surface area contributed by atoms with E-state index in [1.54, 1.807) is 11.8 Å². The third kappa shape index (κ3) is 2.06. The van der Waals surface area contributed by atoms with E-state index in [0.29, 0.717) is 0 Å². The second kappa shape index (κ2) is 5.63. The molecule has 0 fully saturated rings. The highest BCUT2D eigenvalue weighted by molar-refractivity contribution is 8.00. The highest BCUT2D eigenvalue weighted by Crippen LogP contribution is 2.57. The molecule has 0 heterocycles. The summed E-state index contributed by atoms with van der Waals surface area (Å²) in [5.74, 6) is 0. The zero-order valence-corrected chi connectivity index (χ0v) is 15.4. The molecule has 116 valence electrons. The van der Waals surface area contributed by atoms with Crippen molar-refractivity contribution in [1.82, 2.24) is 0 Å². The first-order valence-electron chi connectivity index (χ1n) is 7.41. The average molecular weight is 331 g/mol. The van der Waals surface area contributed by atoms with Gasteiger partial charge in [0.1, 0.15) is 0 Å². The molecule has 3 heteroatoms. The van der Waals surface area contributed by atoms with E-state index in [1.807, 2.05) is 18.9 Å². The Morgan fingerprint density at radius 3 is 2.27 bits per heavy atom. The predicted octanol–water partition coefficient (Wildman–Crippen LogP) is 5.48. The van der Waals surface area contributed by atoms with Gasteiger partial charge in [0.15, 0.2) is 4.93 Å². The largest absolute Gasteiger partial charge is 0.359 e. The lowest BCUT2D eigenvalue weighted by Gasteiger charge is -2.34. The fourth-order valence-electron chi connectivity index (χ4n) is 3.39. The number of benzene rings is 2.